The van der Waals surface area contributed by atoms with Gasteiger partial charge in [-0.15, -0.1) is 11.8 Å². The third kappa shape index (κ3) is 4.52. The third-order valence-corrected chi connectivity index (χ3v) is 3.86. The molecule has 0 saturated carbocycles. The van der Waals surface area contributed by atoms with Crippen molar-refractivity contribution in [2.75, 3.05) is 32.8 Å². The van der Waals surface area contributed by atoms with E-state index in [-0.39, 0.29) is 0 Å². The molecule has 0 aromatic heterocycles. The quantitative estimate of drug-likeness (QED) is 0.384. The predicted octanol–water partition coefficient (Wildman–Crippen LogP) is 3.27. The second-order valence-corrected chi connectivity index (χ2v) is 5.77. The van der Waals surface area contributed by atoms with Crippen molar-refractivity contribution in [3.63, 3.8) is 0 Å². The fourth-order valence-corrected chi connectivity index (χ4v) is 2.82. The summed E-state index contributed by atoms with van der Waals surface area (Å²) in [4.78, 5) is 0. The molecule has 1 nitrogen and oxygen atoms in total. The van der Waals surface area contributed by atoms with Gasteiger partial charge in [0.1, 0.15) is 5.88 Å². The van der Waals surface area contributed by atoms with Crippen LogP contribution >= 0.6 is 11.8 Å². The smallest absolute Gasteiger partial charge is 0.125 e. The van der Waals surface area contributed by atoms with Gasteiger partial charge in [0.05, 0.1) is 20.6 Å². The minimum atomic E-state index is 1.15. The molecule has 0 fully saturated rings. The van der Waals surface area contributed by atoms with Gasteiger partial charge in [-0.25, -0.2) is 0 Å². The molecular formula is C12H24NS+. The highest BCUT2D eigenvalue weighted by molar-refractivity contribution is 7.98. The van der Waals surface area contributed by atoms with E-state index in [1.165, 1.54) is 44.5 Å². The first-order valence-corrected chi connectivity index (χ1v) is 7.02. The summed E-state index contributed by atoms with van der Waals surface area (Å²) in [5.41, 5.74) is 1.71. The molecule has 82 valence electrons. The molecule has 1 aliphatic carbocycles. The molecule has 0 radical (unpaired) electrons. The minimum Gasteiger partial charge on any atom is -0.320 e. The number of hydrogen-bond donors (Lipinski definition) is 0. The SMILES string of the molecule is CSC[N+](C)(C)CCC1=CCCCC1. The Morgan fingerprint density at radius 3 is 2.71 bits per heavy atom. The molecule has 0 aliphatic heterocycles. The van der Waals surface area contributed by atoms with E-state index in [2.05, 4.69) is 26.4 Å². The van der Waals surface area contributed by atoms with E-state index in [1.54, 1.807) is 5.57 Å². The lowest BCUT2D eigenvalue weighted by atomic mass is 9.97. The minimum absolute atomic E-state index is 1.15. The summed E-state index contributed by atoms with van der Waals surface area (Å²) in [5.74, 6) is 1.23. The highest BCUT2D eigenvalue weighted by atomic mass is 32.2. The van der Waals surface area contributed by atoms with Crippen molar-refractivity contribution in [1.29, 1.82) is 0 Å². The topological polar surface area (TPSA) is 0 Å². The van der Waals surface area contributed by atoms with Crippen molar-refractivity contribution in [1.82, 2.24) is 0 Å². The van der Waals surface area contributed by atoms with Crippen molar-refractivity contribution in [3.05, 3.63) is 11.6 Å². The molecule has 0 aromatic carbocycles. The van der Waals surface area contributed by atoms with Crippen LogP contribution in [-0.4, -0.2) is 37.3 Å². The lowest BCUT2D eigenvalue weighted by Crippen LogP contribution is -2.40. The zero-order valence-electron chi connectivity index (χ0n) is 9.88. The molecule has 14 heavy (non-hydrogen) atoms. The highest BCUT2D eigenvalue weighted by Gasteiger charge is 2.15. The third-order valence-electron chi connectivity index (χ3n) is 2.90. The molecule has 0 N–H and O–H groups in total. The van der Waals surface area contributed by atoms with Crippen LogP contribution in [0.3, 0.4) is 0 Å². The fraction of sp³-hybridized carbons (Fsp3) is 0.833. The molecule has 0 heterocycles. The van der Waals surface area contributed by atoms with Crippen LogP contribution in [0.1, 0.15) is 32.1 Å². The summed E-state index contributed by atoms with van der Waals surface area (Å²) in [6.45, 7) is 1.30. The second kappa shape index (κ2) is 5.82. The first-order chi connectivity index (χ1) is 6.64. The Morgan fingerprint density at radius 2 is 2.14 bits per heavy atom. The van der Waals surface area contributed by atoms with Gasteiger partial charge >= 0.3 is 0 Å². The van der Waals surface area contributed by atoms with Crippen molar-refractivity contribution in [2.24, 2.45) is 0 Å². The van der Waals surface area contributed by atoms with Gasteiger partial charge in [0.15, 0.2) is 0 Å². The van der Waals surface area contributed by atoms with E-state index in [1.807, 2.05) is 11.8 Å². The first-order valence-electron chi connectivity index (χ1n) is 5.63. The van der Waals surface area contributed by atoms with Gasteiger partial charge in [0.25, 0.3) is 0 Å². The van der Waals surface area contributed by atoms with Gasteiger partial charge in [-0.2, -0.15) is 0 Å². The Morgan fingerprint density at radius 1 is 1.36 bits per heavy atom. The number of nitrogens with zero attached hydrogens (tertiary/aromatic N) is 1. The fourth-order valence-electron chi connectivity index (χ4n) is 1.99. The number of rotatable bonds is 5. The van der Waals surface area contributed by atoms with Gasteiger partial charge in [-0.3, -0.25) is 0 Å². The van der Waals surface area contributed by atoms with Crippen LogP contribution in [0.4, 0.5) is 0 Å². The van der Waals surface area contributed by atoms with Crippen LogP contribution in [-0.2, 0) is 0 Å². The molecule has 0 spiro atoms. The molecule has 0 saturated heterocycles. The van der Waals surface area contributed by atoms with E-state index < -0.39 is 0 Å². The summed E-state index contributed by atoms with van der Waals surface area (Å²) in [5, 5.41) is 0. The average Bonchev–Trinajstić information content (AvgIpc) is 2.17. The van der Waals surface area contributed by atoms with Crippen LogP contribution in [0.15, 0.2) is 11.6 Å². The summed E-state index contributed by atoms with van der Waals surface area (Å²) in [6.07, 6.45) is 11.5. The number of quaternary nitrogens is 1. The summed E-state index contributed by atoms with van der Waals surface area (Å²) >= 11 is 1.95. The highest BCUT2D eigenvalue weighted by Crippen LogP contribution is 2.21. The molecule has 0 aromatic rings. The Kier molecular flexibility index (Phi) is 5.04. The predicted molar refractivity (Wildman–Crippen MR) is 66.5 cm³/mol. The summed E-state index contributed by atoms with van der Waals surface area (Å²) in [6, 6.07) is 0. The molecule has 1 aliphatic rings. The summed E-state index contributed by atoms with van der Waals surface area (Å²) in [7, 11) is 4.67. The van der Waals surface area contributed by atoms with Crippen molar-refractivity contribution in [2.45, 2.75) is 32.1 Å². The van der Waals surface area contributed by atoms with E-state index in [0.717, 1.165) is 4.48 Å². The molecule has 2 heteroatoms. The van der Waals surface area contributed by atoms with Crippen molar-refractivity contribution >= 4 is 11.8 Å². The van der Waals surface area contributed by atoms with Crippen LogP contribution in [0.25, 0.3) is 0 Å². The zero-order chi connectivity index (χ0) is 10.4. The Balaban J connectivity index is 2.27. The van der Waals surface area contributed by atoms with Gasteiger partial charge in [0, 0.05) is 6.42 Å². The summed E-state index contributed by atoms with van der Waals surface area (Å²) < 4.78 is 1.15. The molecular weight excluding hydrogens is 190 g/mol. The van der Waals surface area contributed by atoms with Crippen LogP contribution < -0.4 is 0 Å². The Labute approximate surface area is 93.2 Å². The lowest BCUT2D eigenvalue weighted by molar-refractivity contribution is -0.877. The van der Waals surface area contributed by atoms with E-state index >= 15 is 0 Å². The Hall–Kier alpha value is 0.0500. The molecule has 1 rings (SSSR count). The second-order valence-electron chi connectivity index (χ2n) is 4.94. The monoisotopic (exact) mass is 214 g/mol. The average molecular weight is 214 g/mol. The molecule has 0 atom stereocenters. The van der Waals surface area contributed by atoms with Gasteiger partial charge in [-0.05, 0) is 31.9 Å². The molecule has 0 unspecified atom stereocenters. The maximum atomic E-state index is 2.47. The van der Waals surface area contributed by atoms with Crippen LogP contribution in [0, 0.1) is 0 Å². The van der Waals surface area contributed by atoms with E-state index in [0.29, 0.717) is 0 Å². The first kappa shape index (κ1) is 12.1. The van der Waals surface area contributed by atoms with Crippen LogP contribution in [0.5, 0.6) is 0 Å². The van der Waals surface area contributed by atoms with Crippen molar-refractivity contribution < 1.29 is 4.48 Å². The van der Waals surface area contributed by atoms with Crippen LogP contribution in [0.2, 0.25) is 0 Å². The molecule has 0 bridgehead atoms. The maximum absolute atomic E-state index is 2.47. The standard InChI is InChI=1S/C12H24NS/c1-13(2,11-14-3)10-9-12-7-5-4-6-8-12/h7H,4-6,8-11H2,1-3H3/q+1. The normalized spacial score (nSPS) is 18.1. The number of thioether (sulfide) groups is 1. The van der Waals surface area contributed by atoms with Crippen molar-refractivity contribution in [3.8, 4) is 0 Å². The van der Waals surface area contributed by atoms with Gasteiger partial charge < -0.3 is 4.48 Å². The van der Waals surface area contributed by atoms with Gasteiger partial charge in [0.2, 0.25) is 0 Å². The Bertz CT molecular complexity index is 196. The van der Waals surface area contributed by atoms with E-state index in [4.69, 9.17) is 0 Å². The zero-order valence-corrected chi connectivity index (χ0v) is 10.7. The molecule has 0 amide bonds. The maximum Gasteiger partial charge on any atom is 0.125 e. The number of allylic oxidation sites excluding steroid dienone is 1. The number of hydrogen-bond acceptors (Lipinski definition) is 1. The largest absolute Gasteiger partial charge is 0.320 e. The lowest BCUT2D eigenvalue weighted by Gasteiger charge is -2.29. The van der Waals surface area contributed by atoms with Gasteiger partial charge in [-0.1, -0.05) is 11.6 Å². The van der Waals surface area contributed by atoms with E-state index in [9.17, 15) is 0 Å².